The van der Waals surface area contributed by atoms with Crippen molar-refractivity contribution in [2.75, 3.05) is 29.9 Å². The smallest absolute Gasteiger partial charge is 0.325 e. The molecule has 1 aliphatic carbocycles. The fraction of sp³-hybridized carbons (Fsp3) is 0.591. The molecule has 0 aromatic heterocycles. The lowest BCUT2D eigenvalue weighted by molar-refractivity contribution is -0.136. The molecule has 4 rings (SSSR count). The van der Waals surface area contributed by atoms with E-state index < -0.39 is 11.6 Å². The third-order valence-corrected chi connectivity index (χ3v) is 6.65. The summed E-state index contributed by atoms with van der Waals surface area (Å²) in [7, 11) is 0. The second-order valence-corrected chi connectivity index (χ2v) is 8.59. The SMILES string of the molecule is CC1CCCCC12NC(=O)N(CC(=O)Nc1cccc(N3CCCCC3)c1)C2=O. The van der Waals surface area contributed by atoms with Crippen molar-refractivity contribution in [3.63, 3.8) is 0 Å². The Bertz CT molecular complexity index is 805. The minimum Gasteiger partial charge on any atom is -0.371 e. The quantitative estimate of drug-likeness (QED) is 0.764. The van der Waals surface area contributed by atoms with Gasteiger partial charge in [0.05, 0.1) is 0 Å². The Kier molecular flexibility index (Phi) is 5.48. The number of anilines is 2. The van der Waals surface area contributed by atoms with Crippen LogP contribution in [-0.4, -0.2) is 47.9 Å². The van der Waals surface area contributed by atoms with Crippen LogP contribution in [0.15, 0.2) is 24.3 Å². The Morgan fingerprint density at radius 1 is 1.17 bits per heavy atom. The molecule has 0 radical (unpaired) electrons. The number of nitrogens with one attached hydrogen (secondary N) is 2. The molecule has 2 unspecified atom stereocenters. The molecule has 4 amide bonds. The van der Waals surface area contributed by atoms with E-state index in [9.17, 15) is 14.4 Å². The van der Waals surface area contributed by atoms with E-state index in [0.717, 1.165) is 42.9 Å². The van der Waals surface area contributed by atoms with Crippen molar-refractivity contribution in [2.24, 2.45) is 5.92 Å². The molecule has 1 saturated carbocycles. The van der Waals surface area contributed by atoms with Crippen molar-refractivity contribution in [3.8, 4) is 0 Å². The van der Waals surface area contributed by atoms with E-state index in [1.165, 1.54) is 19.3 Å². The summed E-state index contributed by atoms with van der Waals surface area (Å²) in [5.74, 6) is -0.529. The summed E-state index contributed by atoms with van der Waals surface area (Å²) in [5.41, 5.74) is 0.947. The van der Waals surface area contributed by atoms with E-state index in [-0.39, 0.29) is 24.3 Å². The number of piperidine rings is 1. The van der Waals surface area contributed by atoms with E-state index in [1.807, 2.05) is 31.2 Å². The third kappa shape index (κ3) is 3.82. The second-order valence-electron chi connectivity index (χ2n) is 8.59. The standard InChI is InChI=1S/C22H30N4O3/c1-16-8-3-4-11-22(16)20(28)26(21(29)24-22)15-19(27)23-17-9-7-10-18(14-17)25-12-5-2-6-13-25/h7,9-10,14,16H,2-6,8,11-13,15H2,1H3,(H,23,27)(H,24,29). The molecule has 29 heavy (non-hydrogen) atoms. The zero-order valence-corrected chi connectivity index (χ0v) is 17.1. The molecule has 3 fully saturated rings. The van der Waals surface area contributed by atoms with Crippen LogP contribution < -0.4 is 15.5 Å². The highest BCUT2D eigenvalue weighted by atomic mass is 16.2. The van der Waals surface area contributed by atoms with Crippen LogP contribution in [0.3, 0.4) is 0 Å². The lowest BCUT2D eigenvalue weighted by Crippen LogP contribution is -2.54. The zero-order valence-electron chi connectivity index (χ0n) is 17.1. The first kappa shape index (κ1) is 19.7. The largest absolute Gasteiger partial charge is 0.371 e. The predicted octanol–water partition coefficient (Wildman–Crippen LogP) is 3.12. The Labute approximate surface area is 171 Å². The van der Waals surface area contributed by atoms with Crippen LogP contribution in [0.1, 0.15) is 51.9 Å². The van der Waals surface area contributed by atoms with Crippen molar-refractivity contribution in [2.45, 2.75) is 57.4 Å². The normalized spacial score (nSPS) is 27.3. The number of urea groups is 1. The van der Waals surface area contributed by atoms with Gasteiger partial charge >= 0.3 is 6.03 Å². The van der Waals surface area contributed by atoms with Gasteiger partial charge in [0.1, 0.15) is 12.1 Å². The fourth-order valence-electron chi connectivity index (χ4n) is 4.92. The molecular weight excluding hydrogens is 368 g/mol. The van der Waals surface area contributed by atoms with Gasteiger partial charge in [0.15, 0.2) is 0 Å². The summed E-state index contributed by atoms with van der Waals surface area (Å²) in [6.45, 7) is 3.81. The molecule has 7 nitrogen and oxygen atoms in total. The van der Waals surface area contributed by atoms with Crippen LogP contribution in [0.5, 0.6) is 0 Å². The molecule has 0 bridgehead atoms. The minimum absolute atomic E-state index is 0.0852. The Morgan fingerprint density at radius 2 is 1.97 bits per heavy atom. The van der Waals surface area contributed by atoms with Gasteiger partial charge in [-0.3, -0.25) is 14.5 Å². The van der Waals surface area contributed by atoms with Crippen molar-refractivity contribution in [1.29, 1.82) is 0 Å². The Morgan fingerprint density at radius 3 is 2.72 bits per heavy atom. The highest BCUT2D eigenvalue weighted by Crippen LogP contribution is 2.38. The summed E-state index contributed by atoms with van der Waals surface area (Å²) in [6.07, 6.45) is 7.18. The molecule has 1 aromatic rings. The van der Waals surface area contributed by atoms with Crippen LogP contribution in [-0.2, 0) is 9.59 Å². The van der Waals surface area contributed by atoms with Gasteiger partial charge in [-0.15, -0.1) is 0 Å². The van der Waals surface area contributed by atoms with Gasteiger partial charge in [-0.2, -0.15) is 0 Å². The average Bonchev–Trinajstić information content (AvgIpc) is 2.96. The van der Waals surface area contributed by atoms with Gasteiger partial charge in [-0.1, -0.05) is 25.8 Å². The third-order valence-electron chi connectivity index (χ3n) is 6.65. The predicted molar refractivity (Wildman–Crippen MR) is 112 cm³/mol. The van der Waals surface area contributed by atoms with E-state index in [4.69, 9.17) is 0 Å². The maximum atomic E-state index is 13.0. The van der Waals surface area contributed by atoms with Crippen LogP contribution in [0.4, 0.5) is 16.2 Å². The average molecular weight is 399 g/mol. The first-order chi connectivity index (χ1) is 14.0. The van der Waals surface area contributed by atoms with E-state index in [0.29, 0.717) is 12.1 Å². The number of carbonyl (C=O) groups excluding carboxylic acids is 3. The van der Waals surface area contributed by atoms with E-state index in [2.05, 4.69) is 15.5 Å². The molecule has 2 heterocycles. The van der Waals surface area contributed by atoms with Crippen molar-refractivity contribution < 1.29 is 14.4 Å². The Balaban J connectivity index is 1.41. The van der Waals surface area contributed by atoms with Gasteiger partial charge in [-0.25, -0.2) is 4.79 Å². The van der Waals surface area contributed by atoms with Gasteiger partial charge in [-0.05, 0) is 56.2 Å². The second kappa shape index (κ2) is 8.05. The van der Waals surface area contributed by atoms with Crippen molar-refractivity contribution in [1.82, 2.24) is 10.2 Å². The lowest BCUT2D eigenvalue weighted by atomic mass is 9.73. The van der Waals surface area contributed by atoms with E-state index in [1.54, 1.807) is 0 Å². The summed E-state index contributed by atoms with van der Waals surface area (Å²) >= 11 is 0. The van der Waals surface area contributed by atoms with Crippen molar-refractivity contribution in [3.05, 3.63) is 24.3 Å². The molecule has 3 aliphatic rings. The molecule has 156 valence electrons. The molecule has 2 saturated heterocycles. The van der Waals surface area contributed by atoms with Crippen LogP contribution >= 0.6 is 0 Å². The minimum atomic E-state index is -0.830. The number of nitrogens with zero attached hydrogens (tertiary/aromatic N) is 2. The highest BCUT2D eigenvalue weighted by molar-refractivity contribution is 6.10. The highest BCUT2D eigenvalue weighted by Gasteiger charge is 2.55. The van der Waals surface area contributed by atoms with Gasteiger partial charge < -0.3 is 15.5 Å². The number of carbonyl (C=O) groups is 3. The number of imide groups is 1. The molecule has 1 aromatic carbocycles. The number of hydrogen-bond acceptors (Lipinski definition) is 4. The lowest BCUT2D eigenvalue weighted by Gasteiger charge is -2.36. The van der Waals surface area contributed by atoms with Crippen LogP contribution in [0.25, 0.3) is 0 Å². The van der Waals surface area contributed by atoms with Crippen molar-refractivity contribution >= 4 is 29.2 Å². The summed E-state index contributed by atoms with van der Waals surface area (Å²) in [4.78, 5) is 41.5. The molecule has 2 atom stereocenters. The Hall–Kier alpha value is -2.57. The molecule has 2 N–H and O–H groups in total. The van der Waals surface area contributed by atoms with Crippen LogP contribution in [0.2, 0.25) is 0 Å². The first-order valence-electron chi connectivity index (χ1n) is 10.8. The number of rotatable bonds is 4. The monoisotopic (exact) mass is 398 g/mol. The molecular formula is C22H30N4O3. The molecule has 7 heteroatoms. The number of hydrogen-bond donors (Lipinski definition) is 2. The summed E-state index contributed by atoms with van der Waals surface area (Å²) in [6, 6.07) is 7.31. The zero-order chi connectivity index (χ0) is 20.4. The topological polar surface area (TPSA) is 81.8 Å². The summed E-state index contributed by atoms with van der Waals surface area (Å²) in [5, 5.41) is 5.74. The van der Waals surface area contributed by atoms with Crippen LogP contribution in [0, 0.1) is 5.92 Å². The maximum absolute atomic E-state index is 13.0. The van der Waals surface area contributed by atoms with Gasteiger partial charge in [0.25, 0.3) is 5.91 Å². The molecule has 2 aliphatic heterocycles. The van der Waals surface area contributed by atoms with Gasteiger partial charge in [0.2, 0.25) is 5.91 Å². The van der Waals surface area contributed by atoms with Gasteiger partial charge in [0, 0.05) is 24.5 Å². The summed E-state index contributed by atoms with van der Waals surface area (Å²) < 4.78 is 0. The maximum Gasteiger partial charge on any atom is 0.325 e. The fourth-order valence-corrected chi connectivity index (χ4v) is 4.92. The number of benzene rings is 1. The first-order valence-corrected chi connectivity index (χ1v) is 10.8. The van der Waals surface area contributed by atoms with E-state index >= 15 is 0 Å². The number of amides is 4. The molecule has 1 spiro atoms.